The third kappa shape index (κ3) is 9.76. The van der Waals surface area contributed by atoms with Gasteiger partial charge in [0.15, 0.2) is 5.78 Å². The van der Waals surface area contributed by atoms with E-state index >= 15 is 0 Å². The molecule has 1 aromatic heterocycles. The zero-order valence-electron chi connectivity index (χ0n) is 23.5. The molecule has 0 radical (unpaired) electrons. The average Bonchev–Trinajstić information content (AvgIpc) is 3.07. The Morgan fingerprint density at radius 1 is 1.29 bits per heavy atom. The first-order valence-electron chi connectivity index (χ1n) is 13.0. The standard InChI is InChI=1S/C27H35FN2O6.C2H6/c1-17(9-6-7-14-29-27(34)35-5)22-15-18(2)24(26(33)36-22)25(32)19(3)21-11-8-10-20(16-30(21)4)12-13-23(28)31;1-2/h7-8,10,14-17,19,21H,6,9,11-13H2,1-5H3,(H,29,34);1-2H3/b14-7+;. The van der Waals surface area contributed by atoms with Gasteiger partial charge in [-0.05, 0) is 49.8 Å². The molecule has 1 aliphatic heterocycles. The molecule has 8 nitrogen and oxygen atoms in total. The lowest BCUT2D eigenvalue weighted by Crippen LogP contribution is -2.38. The molecule has 1 aromatic rings. The van der Waals surface area contributed by atoms with Crippen molar-refractivity contribution in [1.29, 1.82) is 0 Å². The lowest BCUT2D eigenvalue weighted by Gasteiger charge is -2.30. The predicted octanol–water partition coefficient (Wildman–Crippen LogP) is 5.97. The maximum Gasteiger partial charge on any atom is 0.410 e. The number of ketones is 1. The van der Waals surface area contributed by atoms with Crippen molar-refractivity contribution in [2.75, 3.05) is 14.2 Å². The number of hydrogen-bond acceptors (Lipinski definition) is 7. The van der Waals surface area contributed by atoms with E-state index in [9.17, 15) is 23.6 Å². The number of methoxy groups -OCH3 is 1. The second kappa shape index (κ2) is 16.4. The highest BCUT2D eigenvalue weighted by Gasteiger charge is 2.31. The number of ether oxygens (including phenoxy) is 1. The molecule has 2 heterocycles. The third-order valence-electron chi connectivity index (χ3n) is 6.37. The van der Waals surface area contributed by atoms with E-state index in [0.29, 0.717) is 30.6 Å². The highest BCUT2D eigenvalue weighted by Crippen LogP contribution is 2.26. The summed E-state index contributed by atoms with van der Waals surface area (Å²) >= 11 is 0. The number of amides is 1. The fourth-order valence-corrected chi connectivity index (χ4v) is 4.20. The van der Waals surface area contributed by atoms with E-state index in [2.05, 4.69) is 10.1 Å². The number of nitrogens with zero attached hydrogens (tertiary/aromatic N) is 1. The Morgan fingerprint density at radius 2 is 1.97 bits per heavy atom. The fraction of sp³-hybridized carbons (Fsp3) is 0.517. The van der Waals surface area contributed by atoms with Crippen LogP contribution in [0.25, 0.3) is 0 Å². The summed E-state index contributed by atoms with van der Waals surface area (Å²) in [5.41, 5.74) is 0.767. The zero-order valence-corrected chi connectivity index (χ0v) is 23.5. The molecule has 1 amide bonds. The van der Waals surface area contributed by atoms with Gasteiger partial charge in [-0.25, -0.2) is 9.59 Å². The van der Waals surface area contributed by atoms with Crippen LogP contribution in [0.5, 0.6) is 0 Å². The van der Waals surface area contributed by atoms with Crippen molar-refractivity contribution >= 4 is 17.9 Å². The molecule has 9 heteroatoms. The summed E-state index contributed by atoms with van der Waals surface area (Å²) in [6.07, 6.45) is 10.3. The van der Waals surface area contributed by atoms with Crippen LogP contribution in [0, 0.1) is 12.8 Å². The SMILES string of the molecule is CC.COC(=O)N/C=C/CCC(C)c1cc(C)c(C(=O)C(C)C2CC=CC(CCC(=O)F)=CN2C)c(=O)o1. The molecule has 1 aliphatic rings. The molecule has 0 aliphatic carbocycles. The number of allylic oxidation sites excluding steroid dienone is 3. The molecule has 2 rings (SSSR count). The van der Waals surface area contributed by atoms with Gasteiger partial charge < -0.3 is 14.1 Å². The monoisotopic (exact) mass is 532 g/mol. The minimum atomic E-state index is -1.36. The molecule has 0 fully saturated rings. The van der Waals surface area contributed by atoms with Crippen molar-refractivity contribution in [3.63, 3.8) is 0 Å². The Bertz CT molecular complexity index is 1100. The van der Waals surface area contributed by atoms with Gasteiger partial charge in [-0.15, -0.1) is 0 Å². The molecule has 0 aromatic carbocycles. The number of rotatable bonds is 11. The van der Waals surface area contributed by atoms with Crippen LogP contribution < -0.4 is 10.9 Å². The van der Waals surface area contributed by atoms with E-state index in [4.69, 9.17) is 4.42 Å². The average molecular weight is 533 g/mol. The summed E-state index contributed by atoms with van der Waals surface area (Å²) in [5, 5.41) is 2.45. The van der Waals surface area contributed by atoms with Crippen LogP contribution in [0.4, 0.5) is 9.18 Å². The van der Waals surface area contributed by atoms with Crippen LogP contribution in [0.2, 0.25) is 0 Å². The molecule has 210 valence electrons. The van der Waals surface area contributed by atoms with Crippen LogP contribution >= 0.6 is 0 Å². The van der Waals surface area contributed by atoms with Gasteiger partial charge in [0, 0.05) is 43.7 Å². The molecule has 0 spiro atoms. The molecule has 1 N–H and O–H groups in total. The number of hydrogen-bond donors (Lipinski definition) is 1. The van der Waals surface area contributed by atoms with E-state index in [1.807, 2.05) is 51.1 Å². The Kier molecular flexibility index (Phi) is 14.0. The summed E-state index contributed by atoms with van der Waals surface area (Å²) in [6.45, 7) is 9.44. The summed E-state index contributed by atoms with van der Waals surface area (Å²) in [4.78, 5) is 49.8. The number of carbonyl (C=O) groups excluding carboxylic acids is 3. The summed E-state index contributed by atoms with van der Waals surface area (Å²) in [6, 6.07) is 0.170. The smallest absolute Gasteiger partial charge is 0.410 e. The van der Waals surface area contributed by atoms with Gasteiger partial charge in [-0.1, -0.05) is 45.9 Å². The van der Waals surface area contributed by atoms with Crippen LogP contribution in [0.15, 0.2) is 51.5 Å². The first-order valence-corrected chi connectivity index (χ1v) is 13.0. The van der Waals surface area contributed by atoms with Gasteiger partial charge in [-0.2, -0.15) is 4.39 Å². The van der Waals surface area contributed by atoms with Crippen molar-refractivity contribution < 1.29 is 27.9 Å². The summed E-state index contributed by atoms with van der Waals surface area (Å²) < 4.78 is 22.7. The number of alkyl carbamates (subject to hydrolysis) is 1. The fourth-order valence-electron chi connectivity index (χ4n) is 4.20. The Morgan fingerprint density at radius 3 is 2.58 bits per heavy atom. The number of carbonyl (C=O) groups is 3. The Hall–Kier alpha value is -3.49. The van der Waals surface area contributed by atoms with Crippen molar-refractivity contribution in [3.8, 4) is 0 Å². The maximum atomic E-state index is 13.4. The maximum absolute atomic E-state index is 13.4. The van der Waals surface area contributed by atoms with E-state index in [-0.39, 0.29) is 36.1 Å². The molecule has 0 bridgehead atoms. The lowest BCUT2D eigenvalue weighted by atomic mass is 9.88. The molecule has 3 atom stereocenters. The van der Waals surface area contributed by atoms with Crippen molar-refractivity contribution in [2.24, 2.45) is 5.92 Å². The van der Waals surface area contributed by atoms with E-state index in [0.717, 1.165) is 5.57 Å². The zero-order chi connectivity index (χ0) is 28.8. The first-order chi connectivity index (χ1) is 18.0. The summed E-state index contributed by atoms with van der Waals surface area (Å²) in [7, 11) is 3.11. The van der Waals surface area contributed by atoms with Gasteiger partial charge >= 0.3 is 17.8 Å². The topological polar surface area (TPSA) is 106 Å². The van der Waals surface area contributed by atoms with Crippen LogP contribution in [-0.2, 0) is 9.53 Å². The second-order valence-corrected chi connectivity index (χ2v) is 9.09. The van der Waals surface area contributed by atoms with Crippen LogP contribution in [0.3, 0.4) is 0 Å². The molecule has 0 saturated carbocycles. The minimum absolute atomic E-state index is 0.0504. The highest BCUT2D eigenvalue weighted by molar-refractivity contribution is 5.99. The molecular weight excluding hydrogens is 491 g/mol. The van der Waals surface area contributed by atoms with Gasteiger partial charge in [0.1, 0.15) is 11.3 Å². The van der Waals surface area contributed by atoms with E-state index in [1.165, 1.54) is 13.3 Å². The lowest BCUT2D eigenvalue weighted by molar-refractivity contribution is -0.129. The van der Waals surface area contributed by atoms with Crippen molar-refractivity contribution in [3.05, 3.63) is 69.6 Å². The van der Waals surface area contributed by atoms with Crippen molar-refractivity contribution in [1.82, 2.24) is 10.2 Å². The minimum Gasteiger partial charge on any atom is -0.453 e. The van der Waals surface area contributed by atoms with Gasteiger partial charge in [0.2, 0.25) is 0 Å². The van der Waals surface area contributed by atoms with E-state index in [1.54, 1.807) is 26.0 Å². The third-order valence-corrected chi connectivity index (χ3v) is 6.37. The normalized spacial score (nSPS) is 16.6. The number of aryl methyl sites for hydroxylation is 1. The van der Waals surface area contributed by atoms with Crippen LogP contribution in [0.1, 0.15) is 87.4 Å². The molecule has 0 saturated heterocycles. The van der Waals surface area contributed by atoms with Crippen LogP contribution in [-0.4, -0.2) is 43.0 Å². The molecule has 3 unspecified atom stereocenters. The number of nitrogens with one attached hydrogen (secondary N) is 1. The number of Topliss-reactive ketones (excluding diaryl/α,β-unsaturated/α-hetero) is 1. The quantitative estimate of drug-likeness (QED) is 0.277. The van der Waals surface area contributed by atoms with Crippen molar-refractivity contribution in [2.45, 2.75) is 78.7 Å². The van der Waals surface area contributed by atoms with E-state index < -0.39 is 23.7 Å². The Labute approximate surface area is 224 Å². The Balaban J connectivity index is 0.00000352. The number of halogens is 1. The largest absolute Gasteiger partial charge is 0.453 e. The highest BCUT2D eigenvalue weighted by atomic mass is 19.1. The van der Waals surface area contributed by atoms with Gasteiger partial charge in [0.25, 0.3) is 0 Å². The van der Waals surface area contributed by atoms with Gasteiger partial charge in [-0.3, -0.25) is 14.9 Å². The summed E-state index contributed by atoms with van der Waals surface area (Å²) in [5.74, 6) is -0.368. The van der Waals surface area contributed by atoms with Gasteiger partial charge in [0.05, 0.1) is 7.11 Å². The second-order valence-electron chi connectivity index (χ2n) is 9.09. The predicted molar refractivity (Wildman–Crippen MR) is 146 cm³/mol. The first kappa shape index (κ1) is 32.5. The molecular formula is C29H41FN2O6. The molecule has 38 heavy (non-hydrogen) atoms.